The second-order valence-electron chi connectivity index (χ2n) is 4.60. The SMILES string of the molecule is NCCCCC(CC(=O)C(N)CCC(N)=O)C(=O)O. The molecule has 0 aliphatic rings. The number of carbonyl (C=O) groups is 3. The Hall–Kier alpha value is -1.47. The molecule has 2 atom stereocenters. The lowest BCUT2D eigenvalue weighted by molar-refractivity contribution is -0.144. The van der Waals surface area contributed by atoms with Crippen molar-refractivity contribution in [3.05, 3.63) is 0 Å². The molecule has 0 aliphatic carbocycles. The molecule has 1 amide bonds. The van der Waals surface area contributed by atoms with Crippen LogP contribution < -0.4 is 17.2 Å². The van der Waals surface area contributed by atoms with E-state index in [0.717, 1.165) is 6.42 Å². The smallest absolute Gasteiger partial charge is 0.306 e. The van der Waals surface area contributed by atoms with Gasteiger partial charge in [0.05, 0.1) is 12.0 Å². The molecule has 0 radical (unpaired) electrons. The Morgan fingerprint density at radius 1 is 1.11 bits per heavy atom. The molecule has 0 aliphatic heterocycles. The summed E-state index contributed by atoms with van der Waals surface area (Å²) < 4.78 is 0. The van der Waals surface area contributed by atoms with Crippen LogP contribution in [0, 0.1) is 5.92 Å². The van der Waals surface area contributed by atoms with Crippen LogP contribution in [0.15, 0.2) is 0 Å². The van der Waals surface area contributed by atoms with E-state index in [1.807, 2.05) is 0 Å². The quantitative estimate of drug-likeness (QED) is 0.368. The Balaban J connectivity index is 4.21. The van der Waals surface area contributed by atoms with Gasteiger partial charge in [-0.25, -0.2) is 0 Å². The van der Waals surface area contributed by atoms with Crippen molar-refractivity contribution in [2.45, 2.75) is 44.6 Å². The molecule has 2 unspecified atom stereocenters. The molecule has 19 heavy (non-hydrogen) atoms. The monoisotopic (exact) mass is 273 g/mol. The third-order valence-corrected chi connectivity index (χ3v) is 2.92. The predicted octanol–water partition coefficient (Wildman–Crippen LogP) is -0.632. The molecule has 110 valence electrons. The number of primary amides is 1. The normalized spacial score (nSPS) is 13.8. The van der Waals surface area contributed by atoms with Gasteiger partial charge in [-0.1, -0.05) is 6.42 Å². The van der Waals surface area contributed by atoms with E-state index in [1.165, 1.54) is 0 Å². The summed E-state index contributed by atoms with van der Waals surface area (Å²) in [6.07, 6.45) is 1.87. The first kappa shape index (κ1) is 17.5. The van der Waals surface area contributed by atoms with Crippen LogP contribution in [0.25, 0.3) is 0 Å². The van der Waals surface area contributed by atoms with Crippen LogP contribution in [0.4, 0.5) is 0 Å². The Labute approximate surface area is 112 Å². The third kappa shape index (κ3) is 8.28. The summed E-state index contributed by atoms with van der Waals surface area (Å²) in [5.74, 6) is -2.62. The first-order valence-electron chi connectivity index (χ1n) is 6.38. The van der Waals surface area contributed by atoms with E-state index >= 15 is 0 Å². The van der Waals surface area contributed by atoms with Crippen LogP contribution >= 0.6 is 0 Å². The molecule has 0 heterocycles. The molecule has 0 spiro atoms. The summed E-state index contributed by atoms with van der Waals surface area (Å²) in [6, 6.07) is -0.830. The number of unbranched alkanes of at least 4 members (excludes halogenated alkanes) is 1. The first-order valence-corrected chi connectivity index (χ1v) is 6.38. The van der Waals surface area contributed by atoms with Gasteiger partial charge in [0.25, 0.3) is 0 Å². The van der Waals surface area contributed by atoms with Crippen molar-refractivity contribution in [2.75, 3.05) is 6.54 Å². The average Bonchev–Trinajstić information content (AvgIpc) is 2.34. The van der Waals surface area contributed by atoms with E-state index in [2.05, 4.69) is 0 Å². The van der Waals surface area contributed by atoms with Gasteiger partial charge >= 0.3 is 5.97 Å². The molecule has 0 bridgehead atoms. The van der Waals surface area contributed by atoms with Gasteiger partial charge in [-0.15, -0.1) is 0 Å². The summed E-state index contributed by atoms with van der Waals surface area (Å²) >= 11 is 0. The van der Waals surface area contributed by atoms with Gasteiger partial charge in [0.2, 0.25) is 5.91 Å². The van der Waals surface area contributed by atoms with Crippen LogP contribution in [0.2, 0.25) is 0 Å². The van der Waals surface area contributed by atoms with E-state index < -0.39 is 23.8 Å². The van der Waals surface area contributed by atoms with E-state index in [4.69, 9.17) is 22.3 Å². The zero-order chi connectivity index (χ0) is 14.8. The standard InChI is InChI=1S/C12H23N3O4/c13-6-2-1-3-8(12(18)19)7-10(16)9(14)4-5-11(15)17/h8-9H,1-7,13-14H2,(H2,15,17)(H,18,19). The fourth-order valence-electron chi connectivity index (χ4n) is 1.70. The maximum Gasteiger partial charge on any atom is 0.306 e. The van der Waals surface area contributed by atoms with Crippen LogP contribution in [0.3, 0.4) is 0 Å². The predicted molar refractivity (Wildman–Crippen MR) is 70.1 cm³/mol. The molecule has 0 fully saturated rings. The maximum atomic E-state index is 11.7. The fourth-order valence-corrected chi connectivity index (χ4v) is 1.70. The number of hydrogen-bond acceptors (Lipinski definition) is 5. The highest BCUT2D eigenvalue weighted by molar-refractivity contribution is 5.88. The molecule has 0 aromatic carbocycles. The minimum absolute atomic E-state index is 0.0256. The summed E-state index contributed by atoms with van der Waals surface area (Å²) in [5, 5.41) is 9.02. The number of carboxylic acid groups (broad SMARTS) is 1. The number of nitrogens with two attached hydrogens (primary N) is 3. The Morgan fingerprint density at radius 2 is 1.74 bits per heavy atom. The average molecular weight is 273 g/mol. The van der Waals surface area contributed by atoms with E-state index in [0.29, 0.717) is 19.4 Å². The van der Waals surface area contributed by atoms with Crippen LogP contribution in [0.5, 0.6) is 0 Å². The van der Waals surface area contributed by atoms with Crippen molar-refractivity contribution in [2.24, 2.45) is 23.1 Å². The number of rotatable bonds is 11. The summed E-state index contributed by atoms with van der Waals surface area (Å²) in [7, 11) is 0. The molecule has 0 aromatic rings. The number of Topliss-reactive ketones (excluding diaryl/α,β-unsaturated/α-hetero) is 1. The Kier molecular flexibility index (Phi) is 8.73. The first-order chi connectivity index (χ1) is 8.88. The molecular formula is C12H23N3O4. The Bertz CT molecular complexity index is 320. The summed E-state index contributed by atoms with van der Waals surface area (Å²) in [4.78, 5) is 33.3. The van der Waals surface area contributed by atoms with Crippen molar-refractivity contribution in [3.63, 3.8) is 0 Å². The van der Waals surface area contributed by atoms with Crippen molar-refractivity contribution >= 4 is 17.7 Å². The molecule has 0 aromatic heterocycles. The van der Waals surface area contributed by atoms with Gasteiger partial charge in [-0.05, 0) is 25.8 Å². The minimum atomic E-state index is -1.01. The van der Waals surface area contributed by atoms with Gasteiger partial charge in [-0.3, -0.25) is 14.4 Å². The van der Waals surface area contributed by atoms with Gasteiger partial charge < -0.3 is 22.3 Å². The lowest BCUT2D eigenvalue weighted by Crippen LogP contribution is -2.34. The number of amides is 1. The molecule has 7 N–H and O–H groups in total. The molecule has 0 rings (SSSR count). The molecule has 7 heteroatoms. The maximum absolute atomic E-state index is 11.7. The number of ketones is 1. The highest BCUT2D eigenvalue weighted by Gasteiger charge is 2.24. The van der Waals surface area contributed by atoms with Crippen LogP contribution in [-0.4, -0.2) is 35.4 Å². The summed E-state index contributed by atoms with van der Waals surface area (Å²) in [6.45, 7) is 0.498. The van der Waals surface area contributed by atoms with Gasteiger partial charge in [-0.2, -0.15) is 0 Å². The largest absolute Gasteiger partial charge is 0.481 e. The fraction of sp³-hybridized carbons (Fsp3) is 0.750. The molecule has 0 saturated carbocycles. The number of carboxylic acids is 1. The van der Waals surface area contributed by atoms with Crippen molar-refractivity contribution in [1.82, 2.24) is 0 Å². The second-order valence-corrected chi connectivity index (χ2v) is 4.60. The topological polar surface area (TPSA) is 149 Å². The van der Waals surface area contributed by atoms with Gasteiger partial charge in [0, 0.05) is 12.8 Å². The third-order valence-electron chi connectivity index (χ3n) is 2.92. The summed E-state index contributed by atoms with van der Waals surface area (Å²) in [5.41, 5.74) is 15.9. The van der Waals surface area contributed by atoms with Crippen molar-refractivity contribution in [1.29, 1.82) is 0 Å². The van der Waals surface area contributed by atoms with E-state index in [9.17, 15) is 14.4 Å². The minimum Gasteiger partial charge on any atom is -0.481 e. The molecule has 0 saturated heterocycles. The van der Waals surface area contributed by atoms with Crippen LogP contribution in [-0.2, 0) is 14.4 Å². The van der Waals surface area contributed by atoms with Crippen molar-refractivity contribution in [3.8, 4) is 0 Å². The zero-order valence-electron chi connectivity index (χ0n) is 11.0. The highest BCUT2D eigenvalue weighted by atomic mass is 16.4. The molecule has 7 nitrogen and oxygen atoms in total. The lowest BCUT2D eigenvalue weighted by atomic mass is 9.92. The number of carbonyl (C=O) groups excluding carboxylic acids is 2. The van der Waals surface area contributed by atoms with E-state index in [1.54, 1.807) is 0 Å². The second kappa shape index (κ2) is 9.46. The zero-order valence-corrected chi connectivity index (χ0v) is 11.0. The van der Waals surface area contributed by atoms with Crippen LogP contribution in [0.1, 0.15) is 38.5 Å². The Morgan fingerprint density at radius 3 is 2.21 bits per heavy atom. The van der Waals surface area contributed by atoms with Crippen molar-refractivity contribution < 1.29 is 19.5 Å². The highest BCUT2D eigenvalue weighted by Crippen LogP contribution is 2.15. The van der Waals surface area contributed by atoms with Gasteiger partial charge in [0.15, 0.2) is 0 Å². The number of hydrogen-bond donors (Lipinski definition) is 4. The lowest BCUT2D eigenvalue weighted by Gasteiger charge is -2.14. The molecular weight excluding hydrogens is 250 g/mol. The van der Waals surface area contributed by atoms with E-state index in [-0.39, 0.29) is 25.0 Å². The number of aliphatic carboxylic acids is 1. The van der Waals surface area contributed by atoms with Gasteiger partial charge in [0.1, 0.15) is 5.78 Å².